The molecule has 0 heterocycles. The number of benzene rings is 3. The van der Waals surface area contributed by atoms with Gasteiger partial charge < -0.3 is 5.32 Å². The van der Waals surface area contributed by atoms with Crippen molar-refractivity contribution in [2.75, 3.05) is 6.54 Å². The second kappa shape index (κ2) is 8.22. The van der Waals surface area contributed by atoms with Crippen molar-refractivity contribution in [1.82, 2.24) is 5.32 Å². The first-order valence-electron chi connectivity index (χ1n) is 9.75. The van der Waals surface area contributed by atoms with Crippen LogP contribution in [-0.4, -0.2) is 12.5 Å². The number of carbonyl (C=O) groups is 1. The zero-order chi connectivity index (χ0) is 18.5. The smallest absolute Gasteiger partial charge is 0.223 e. The third-order valence-electron chi connectivity index (χ3n) is 5.49. The third-order valence-corrected chi connectivity index (χ3v) is 5.49. The van der Waals surface area contributed by atoms with Crippen LogP contribution < -0.4 is 5.32 Å². The SMILES string of the molecule is O=C(NCCC(c1ccccc1)c1ccccc1)C1CC1c1ccccc1. The van der Waals surface area contributed by atoms with Crippen molar-refractivity contribution in [3.05, 3.63) is 108 Å². The van der Waals surface area contributed by atoms with Crippen molar-refractivity contribution in [2.45, 2.75) is 24.7 Å². The zero-order valence-corrected chi connectivity index (χ0v) is 15.4. The van der Waals surface area contributed by atoms with E-state index in [-0.39, 0.29) is 11.8 Å². The summed E-state index contributed by atoms with van der Waals surface area (Å²) in [6, 6.07) is 31.5. The van der Waals surface area contributed by atoms with Gasteiger partial charge in [0.05, 0.1) is 0 Å². The van der Waals surface area contributed by atoms with Gasteiger partial charge in [0.2, 0.25) is 5.91 Å². The predicted molar refractivity (Wildman–Crippen MR) is 110 cm³/mol. The molecule has 1 aliphatic rings. The summed E-state index contributed by atoms with van der Waals surface area (Å²) in [7, 11) is 0. The van der Waals surface area contributed by atoms with Gasteiger partial charge in [-0.3, -0.25) is 4.79 Å². The Kier molecular flexibility index (Phi) is 5.34. The van der Waals surface area contributed by atoms with Crippen molar-refractivity contribution in [1.29, 1.82) is 0 Å². The van der Waals surface area contributed by atoms with Gasteiger partial charge in [0.15, 0.2) is 0 Å². The monoisotopic (exact) mass is 355 g/mol. The Morgan fingerprint density at radius 1 is 0.815 bits per heavy atom. The van der Waals surface area contributed by atoms with E-state index in [4.69, 9.17) is 0 Å². The second-order valence-corrected chi connectivity index (χ2v) is 7.31. The lowest BCUT2D eigenvalue weighted by molar-refractivity contribution is -0.122. The molecule has 0 saturated heterocycles. The Morgan fingerprint density at radius 3 is 1.89 bits per heavy atom. The number of carbonyl (C=O) groups excluding carboxylic acids is 1. The molecule has 0 spiro atoms. The molecule has 2 atom stereocenters. The molecule has 27 heavy (non-hydrogen) atoms. The predicted octanol–water partition coefficient (Wildman–Crippen LogP) is 5.13. The van der Waals surface area contributed by atoms with Crippen LogP contribution in [0.3, 0.4) is 0 Å². The minimum Gasteiger partial charge on any atom is -0.356 e. The summed E-state index contributed by atoms with van der Waals surface area (Å²) in [6.07, 6.45) is 1.87. The van der Waals surface area contributed by atoms with E-state index in [0.29, 0.717) is 18.4 Å². The lowest BCUT2D eigenvalue weighted by Crippen LogP contribution is -2.27. The molecule has 3 aromatic rings. The summed E-state index contributed by atoms with van der Waals surface area (Å²) in [6.45, 7) is 0.700. The summed E-state index contributed by atoms with van der Waals surface area (Å²) in [5, 5.41) is 3.18. The van der Waals surface area contributed by atoms with Crippen molar-refractivity contribution in [3.63, 3.8) is 0 Å². The molecular formula is C25H25NO. The Balaban J connectivity index is 1.36. The van der Waals surface area contributed by atoms with Crippen LogP contribution in [-0.2, 0) is 4.79 Å². The highest BCUT2D eigenvalue weighted by molar-refractivity contribution is 5.82. The van der Waals surface area contributed by atoms with Gasteiger partial charge in [-0.1, -0.05) is 91.0 Å². The Hall–Kier alpha value is -2.87. The minimum atomic E-state index is 0.138. The van der Waals surface area contributed by atoms with Gasteiger partial charge in [-0.05, 0) is 35.4 Å². The number of hydrogen-bond acceptors (Lipinski definition) is 1. The van der Waals surface area contributed by atoms with Gasteiger partial charge in [0.25, 0.3) is 0 Å². The molecule has 2 unspecified atom stereocenters. The molecule has 0 aromatic heterocycles. The maximum absolute atomic E-state index is 12.5. The van der Waals surface area contributed by atoms with E-state index in [1.165, 1.54) is 16.7 Å². The van der Waals surface area contributed by atoms with Crippen LogP contribution in [0.4, 0.5) is 0 Å². The lowest BCUT2D eigenvalue weighted by Gasteiger charge is -2.18. The summed E-state index contributed by atoms with van der Waals surface area (Å²) in [4.78, 5) is 12.5. The number of hydrogen-bond donors (Lipinski definition) is 1. The van der Waals surface area contributed by atoms with Gasteiger partial charge in [-0.2, -0.15) is 0 Å². The number of rotatable bonds is 7. The fourth-order valence-corrected chi connectivity index (χ4v) is 3.92. The van der Waals surface area contributed by atoms with Gasteiger partial charge in [-0.25, -0.2) is 0 Å². The first kappa shape index (κ1) is 17.5. The van der Waals surface area contributed by atoms with Crippen LogP contribution in [0, 0.1) is 5.92 Å². The standard InChI is InChI=1S/C25H25NO/c27-25(24-18-23(24)21-14-8-3-9-15-21)26-17-16-22(19-10-4-1-5-11-19)20-12-6-2-7-13-20/h1-15,22-24H,16-18H2,(H,26,27). The van der Waals surface area contributed by atoms with Gasteiger partial charge >= 0.3 is 0 Å². The molecule has 0 bridgehead atoms. The van der Waals surface area contributed by atoms with Crippen LogP contribution in [0.2, 0.25) is 0 Å². The summed E-state index contributed by atoms with van der Waals surface area (Å²) in [5.74, 6) is 1.03. The van der Waals surface area contributed by atoms with Gasteiger partial charge in [0.1, 0.15) is 0 Å². The largest absolute Gasteiger partial charge is 0.356 e. The van der Waals surface area contributed by atoms with Crippen LogP contribution in [0.15, 0.2) is 91.0 Å². The minimum absolute atomic E-state index is 0.138. The molecule has 1 aliphatic carbocycles. The van der Waals surface area contributed by atoms with E-state index >= 15 is 0 Å². The molecule has 2 nitrogen and oxygen atoms in total. The highest BCUT2D eigenvalue weighted by atomic mass is 16.2. The zero-order valence-electron chi connectivity index (χ0n) is 15.4. The molecule has 1 fully saturated rings. The van der Waals surface area contributed by atoms with Crippen LogP contribution in [0.1, 0.15) is 41.4 Å². The Labute approximate surface area is 161 Å². The lowest BCUT2D eigenvalue weighted by atomic mass is 9.88. The van der Waals surface area contributed by atoms with E-state index in [1.807, 2.05) is 30.3 Å². The van der Waals surface area contributed by atoms with E-state index in [9.17, 15) is 4.79 Å². The summed E-state index contributed by atoms with van der Waals surface area (Å²) in [5.41, 5.74) is 3.88. The summed E-state index contributed by atoms with van der Waals surface area (Å²) < 4.78 is 0. The molecule has 1 saturated carbocycles. The average molecular weight is 355 g/mol. The highest BCUT2D eigenvalue weighted by Crippen LogP contribution is 2.47. The summed E-state index contributed by atoms with van der Waals surface area (Å²) >= 11 is 0. The number of amides is 1. The molecular weight excluding hydrogens is 330 g/mol. The van der Waals surface area contributed by atoms with E-state index in [0.717, 1.165) is 12.8 Å². The van der Waals surface area contributed by atoms with Gasteiger partial charge in [0, 0.05) is 18.4 Å². The first-order valence-corrected chi connectivity index (χ1v) is 9.75. The molecule has 1 N–H and O–H groups in total. The van der Waals surface area contributed by atoms with Crippen molar-refractivity contribution in [2.24, 2.45) is 5.92 Å². The Bertz CT molecular complexity index is 821. The third kappa shape index (κ3) is 4.28. The van der Waals surface area contributed by atoms with Gasteiger partial charge in [-0.15, -0.1) is 0 Å². The molecule has 0 radical (unpaired) electrons. The van der Waals surface area contributed by atoms with Crippen LogP contribution in [0.25, 0.3) is 0 Å². The van der Waals surface area contributed by atoms with Crippen molar-refractivity contribution < 1.29 is 4.79 Å². The average Bonchev–Trinajstić information content (AvgIpc) is 3.54. The van der Waals surface area contributed by atoms with Crippen LogP contribution in [0.5, 0.6) is 0 Å². The fourth-order valence-electron chi connectivity index (χ4n) is 3.92. The maximum atomic E-state index is 12.5. The molecule has 1 amide bonds. The molecule has 4 rings (SSSR count). The Morgan fingerprint density at radius 2 is 1.33 bits per heavy atom. The first-order chi connectivity index (χ1) is 13.3. The van der Waals surface area contributed by atoms with Crippen molar-refractivity contribution >= 4 is 5.91 Å². The molecule has 3 aromatic carbocycles. The molecule has 2 heteroatoms. The molecule has 0 aliphatic heterocycles. The highest BCUT2D eigenvalue weighted by Gasteiger charge is 2.43. The second-order valence-electron chi connectivity index (χ2n) is 7.31. The van der Waals surface area contributed by atoms with Crippen molar-refractivity contribution in [3.8, 4) is 0 Å². The normalized spacial score (nSPS) is 18.3. The molecule has 136 valence electrons. The topological polar surface area (TPSA) is 29.1 Å². The van der Waals surface area contributed by atoms with E-state index in [1.54, 1.807) is 0 Å². The quantitative estimate of drug-likeness (QED) is 0.625. The number of nitrogens with one attached hydrogen (secondary N) is 1. The van der Waals surface area contributed by atoms with E-state index in [2.05, 4.69) is 66.0 Å². The maximum Gasteiger partial charge on any atom is 0.223 e. The van der Waals surface area contributed by atoms with Crippen LogP contribution >= 0.6 is 0 Å². The fraction of sp³-hybridized carbons (Fsp3) is 0.240. The van der Waals surface area contributed by atoms with E-state index < -0.39 is 0 Å².